The molecule has 10 heteroatoms. The number of amides is 1. The number of carbonyl (C=O) groups excluding carboxylic acids is 2. The largest absolute Gasteiger partial charge is 0.462 e. The van der Waals surface area contributed by atoms with Crippen LogP contribution in [0.5, 0.6) is 0 Å². The third kappa shape index (κ3) is 3.58. The van der Waals surface area contributed by atoms with E-state index in [2.05, 4.69) is 10.4 Å². The highest BCUT2D eigenvalue weighted by Gasteiger charge is 2.28. The number of aryl methyl sites for hydroxylation is 1. The lowest BCUT2D eigenvalue weighted by molar-refractivity contribution is -0.384. The van der Waals surface area contributed by atoms with Gasteiger partial charge in [-0.05, 0) is 37.8 Å². The van der Waals surface area contributed by atoms with Crippen LogP contribution in [0.3, 0.4) is 0 Å². The van der Waals surface area contributed by atoms with Crippen LogP contribution in [-0.2, 0) is 28.9 Å². The van der Waals surface area contributed by atoms with E-state index in [1.807, 2.05) is 0 Å². The molecular formula is C19H18N4O5S. The number of nitro benzene ring substituents is 1. The number of nitrogens with one attached hydrogen (secondary N) is 1. The maximum atomic E-state index is 12.7. The van der Waals surface area contributed by atoms with Crippen LogP contribution < -0.4 is 5.32 Å². The summed E-state index contributed by atoms with van der Waals surface area (Å²) in [7, 11) is 0. The summed E-state index contributed by atoms with van der Waals surface area (Å²) in [6.45, 7) is 1.87. The van der Waals surface area contributed by atoms with Gasteiger partial charge in [0, 0.05) is 22.4 Å². The number of nitrogens with zero attached hydrogens (tertiary/aromatic N) is 3. The molecule has 1 aliphatic rings. The fourth-order valence-corrected chi connectivity index (χ4v) is 4.81. The number of anilines is 1. The molecule has 2 aromatic heterocycles. The number of hydrogen-bond acceptors (Lipinski definition) is 7. The number of ether oxygens (including phenoxy) is 1. The molecule has 0 bridgehead atoms. The minimum Gasteiger partial charge on any atom is -0.462 e. The first-order valence-electron chi connectivity index (χ1n) is 9.19. The van der Waals surface area contributed by atoms with Crippen LogP contribution in [0.4, 0.5) is 10.7 Å². The number of fused-ring (bicyclic) bond motifs is 2. The van der Waals surface area contributed by atoms with E-state index in [1.165, 1.54) is 28.2 Å². The van der Waals surface area contributed by atoms with E-state index >= 15 is 0 Å². The standard InChI is InChI=1S/C19H18N4O5S/c1-2-28-19(25)17-13-4-3-5-15(13)29-18(17)21-16(24)10-22-14-8-12(23(26)27)7-6-11(14)9-20-22/h6-9H,2-5,10H2,1H3,(H,21,24). The molecule has 0 spiro atoms. The van der Waals surface area contributed by atoms with Gasteiger partial charge in [-0.25, -0.2) is 4.79 Å². The third-order valence-electron chi connectivity index (χ3n) is 4.79. The van der Waals surface area contributed by atoms with Gasteiger partial charge in [0.05, 0.1) is 28.8 Å². The Labute approximate surface area is 169 Å². The fraction of sp³-hybridized carbons (Fsp3) is 0.316. The maximum absolute atomic E-state index is 12.7. The average Bonchev–Trinajstić information content (AvgIpc) is 3.36. The highest BCUT2D eigenvalue weighted by atomic mass is 32.1. The smallest absolute Gasteiger partial charge is 0.341 e. The Hall–Kier alpha value is -3.27. The van der Waals surface area contributed by atoms with Gasteiger partial charge in [0.25, 0.3) is 5.69 Å². The molecule has 3 aromatic rings. The Morgan fingerprint density at radius 2 is 2.21 bits per heavy atom. The molecule has 1 amide bonds. The molecule has 4 rings (SSSR count). The van der Waals surface area contributed by atoms with E-state index in [0.717, 1.165) is 29.7 Å². The van der Waals surface area contributed by atoms with Gasteiger partial charge < -0.3 is 10.1 Å². The summed E-state index contributed by atoms with van der Waals surface area (Å²) in [5, 5.41) is 19.2. The molecule has 150 valence electrons. The second-order valence-corrected chi connectivity index (χ2v) is 7.74. The quantitative estimate of drug-likeness (QED) is 0.376. The Morgan fingerprint density at radius 3 is 2.97 bits per heavy atom. The first kappa shape index (κ1) is 19.1. The van der Waals surface area contributed by atoms with Crippen molar-refractivity contribution in [2.75, 3.05) is 11.9 Å². The summed E-state index contributed by atoms with van der Waals surface area (Å²) in [6.07, 6.45) is 4.22. The van der Waals surface area contributed by atoms with Gasteiger partial charge >= 0.3 is 5.97 Å². The lowest BCUT2D eigenvalue weighted by Crippen LogP contribution is -2.20. The Morgan fingerprint density at radius 1 is 1.38 bits per heavy atom. The van der Waals surface area contributed by atoms with Crippen molar-refractivity contribution in [3.8, 4) is 0 Å². The fourth-order valence-electron chi connectivity index (χ4n) is 3.51. The molecule has 0 atom stereocenters. The molecule has 0 unspecified atom stereocenters. The van der Waals surface area contributed by atoms with E-state index in [0.29, 0.717) is 21.5 Å². The number of esters is 1. The Balaban J connectivity index is 1.58. The monoisotopic (exact) mass is 414 g/mol. The zero-order chi connectivity index (χ0) is 20.5. The van der Waals surface area contributed by atoms with Gasteiger partial charge in [0.15, 0.2) is 0 Å². The number of benzene rings is 1. The second kappa shape index (κ2) is 7.63. The van der Waals surface area contributed by atoms with Gasteiger partial charge in [-0.3, -0.25) is 19.6 Å². The molecule has 2 heterocycles. The molecule has 1 aliphatic carbocycles. The minimum atomic E-state index is -0.490. The first-order valence-corrected chi connectivity index (χ1v) is 10.0. The molecule has 1 aromatic carbocycles. The third-order valence-corrected chi connectivity index (χ3v) is 5.99. The Bertz CT molecular complexity index is 1130. The molecular weight excluding hydrogens is 396 g/mol. The van der Waals surface area contributed by atoms with Crippen LogP contribution in [-0.4, -0.2) is 33.2 Å². The summed E-state index contributed by atoms with van der Waals surface area (Å²) < 4.78 is 6.57. The molecule has 0 radical (unpaired) electrons. The predicted octanol–water partition coefficient (Wildman–Crippen LogP) is 3.31. The first-order chi connectivity index (χ1) is 14.0. The minimum absolute atomic E-state index is 0.0704. The highest BCUT2D eigenvalue weighted by molar-refractivity contribution is 7.17. The average molecular weight is 414 g/mol. The number of nitro groups is 1. The van der Waals surface area contributed by atoms with Gasteiger partial charge in [-0.2, -0.15) is 5.10 Å². The van der Waals surface area contributed by atoms with Gasteiger partial charge in [0.1, 0.15) is 11.5 Å². The number of thiophene rings is 1. The van der Waals surface area contributed by atoms with Crippen LogP contribution in [0, 0.1) is 10.1 Å². The zero-order valence-corrected chi connectivity index (χ0v) is 16.5. The van der Waals surface area contributed by atoms with Crippen LogP contribution in [0.15, 0.2) is 24.4 Å². The lowest BCUT2D eigenvalue weighted by atomic mass is 10.1. The van der Waals surface area contributed by atoms with E-state index in [4.69, 9.17) is 4.74 Å². The maximum Gasteiger partial charge on any atom is 0.341 e. The van der Waals surface area contributed by atoms with Crippen molar-refractivity contribution < 1.29 is 19.2 Å². The summed E-state index contributed by atoms with van der Waals surface area (Å²) in [6, 6.07) is 4.38. The molecule has 1 N–H and O–H groups in total. The van der Waals surface area contributed by atoms with Crippen molar-refractivity contribution in [3.05, 3.63) is 50.5 Å². The molecule has 9 nitrogen and oxygen atoms in total. The van der Waals surface area contributed by atoms with Crippen LogP contribution in [0.25, 0.3) is 10.9 Å². The normalized spacial score (nSPS) is 12.7. The number of non-ortho nitro benzene ring substituents is 1. The summed E-state index contributed by atoms with van der Waals surface area (Å²) >= 11 is 1.40. The molecule has 0 fully saturated rings. The van der Waals surface area contributed by atoms with Crippen molar-refractivity contribution >= 4 is 44.8 Å². The number of carbonyl (C=O) groups is 2. The van der Waals surface area contributed by atoms with Gasteiger partial charge in [-0.1, -0.05) is 0 Å². The second-order valence-electron chi connectivity index (χ2n) is 6.63. The summed E-state index contributed by atoms with van der Waals surface area (Å²) in [5.41, 5.74) is 1.83. The molecule has 29 heavy (non-hydrogen) atoms. The highest BCUT2D eigenvalue weighted by Crippen LogP contribution is 2.39. The van der Waals surface area contributed by atoms with Crippen molar-refractivity contribution in [1.82, 2.24) is 9.78 Å². The van der Waals surface area contributed by atoms with E-state index < -0.39 is 10.9 Å². The zero-order valence-electron chi connectivity index (χ0n) is 15.6. The van der Waals surface area contributed by atoms with Crippen LogP contribution in [0.2, 0.25) is 0 Å². The van der Waals surface area contributed by atoms with E-state index in [-0.39, 0.29) is 24.7 Å². The van der Waals surface area contributed by atoms with Crippen molar-refractivity contribution in [1.29, 1.82) is 0 Å². The summed E-state index contributed by atoms with van der Waals surface area (Å²) in [5.74, 6) is -0.797. The van der Waals surface area contributed by atoms with Crippen molar-refractivity contribution in [2.24, 2.45) is 0 Å². The van der Waals surface area contributed by atoms with Crippen molar-refractivity contribution in [3.63, 3.8) is 0 Å². The summed E-state index contributed by atoms with van der Waals surface area (Å²) in [4.78, 5) is 36.7. The predicted molar refractivity (Wildman–Crippen MR) is 107 cm³/mol. The van der Waals surface area contributed by atoms with Crippen LogP contribution >= 0.6 is 11.3 Å². The SMILES string of the molecule is CCOC(=O)c1c(NC(=O)Cn2ncc3ccc([N+](=O)[O-])cc32)sc2c1CCC2. The lowest BCUT2D eigenvalue weighted by Gasteiger charge is -2.08. The topological polar surface area (TPSA) is 116 Å². The number of aromatic nitrogens is 2. The molecule has 0 aliphatic heterocycles. The van der Waals surface area contributed by atoms with E-state index in [9.17, 15) is 19.7 Å². The number of hydrogen-bond donors (Lipinski definition) is 1. The van der Waals surface area contributed by atoms with Gasteiger partial charge in [0.2, 0.25) is 5.91 Å². The van der Waals surface area contributed by atoms with Crippen LogP contribution in [0.1, 0.15) is 34.1 Å². The molecule has 0 saturated heterocycles. The Kier molecular flexibility index (Phi) is 5.01. The molecule has 0 saturated carbocycles. The van der Waals surface area contributed by atoms with Crippen molar-refractivity contribution in [2.45, 2.75) is 32.7 Å². The van der Waals surface area contributed by atoms with Gasteiger partial charge in [-0.15, -0.1) is 11.3 Å². The number of rotatable bonds is 6. The van der Waals surface area contributed by atoms with E-state index in [1.54, 1.807) is 19.2 Å².